The summed E-state index contributed by atoms with van der Waals surface area (Å²) in [6.07, 6.45) is 1.42. The van der Waals surface area contributed by atoms with Crippen molar-refractivity contribution in [3.63, 3.8) is 0 Å². The minimum atomic E-state index is -3.68. The van der Waals surface area contributed by atoms with E-state index < -0.39 is 15.4 Å². The molecule has 2 aromatic carbocycles. The maximum Gasteiger partial charge on any atom is 0.311 e. The van der Waals surface area contributed by atoms with E-state index in [9.17, 15) is 17.6 Å². The van der Waals surface area contributed by atoms with E-state index in [4.69, 9.17) is 8.60 Å². The first kappa shape index (κ1) is 21.6. The molecule has 0 N–H and O–H groups in total. The van der Waals surface area contributed by atoms with Crippen LogP contribution in [0.15, 0.2) is 71.3 Å². The minimum absolute atomic E-state index is 0.195. The molecule has 0 aliphatic rings. The van der Waals surface area contributed by atoms with E-state index >= 15 is 0 Å². The Kier molecular flexibility index (Phi) is 6.56. The molecule has 0 bridgehead atoms. The molecule has 0 atom stereocenters. The van der Waals surface area contributed by atoms with Crippen LogP contribution in [0.25, 0.3) is 0 Å². The highest BCUT2D eigenvalue weighted by molar-refractivity contribution is 7.87. The maximum absolute atomic E-state index is 13.2. The molecule has 0 saturated heterocycles. The van der Waals surface area contributed by atoms with Gasteiger partial charge in [-0.05, 0) is 61.4 Å². The minimum Gasteiger partial charge on any atom is -0.459 e. The van der Waals surface area contributed by atoms with Crippen molar-refractivity contribution in [1.29, 1.82) is 0 Å². The van der Waals surface area contributed by atoms with E-state index in [1.165, 1.54) is 32.2 Å². The quantitative estimate of drug-likeness (QED) is 0.495. The van der Waals surface area contributed by atoms with Crippen LogP contribution in [0.2, 0.25) is 0 Å². The fraction of sp³-hybridized carbons (Fsp3) is 0.227. The van der Waals surface area contributed by atoms with E-state index in [0.717, 1.165) is 11.1 Å². The summed E-state index contributed by atoms with van der Waals surface area (Å²) >= 11 is 0. The molecule has 158 valence electrons. The van der Waals surface area contributed by atoms with Crippen LogP contribution in [-0.4, -0.2) is 24.5 Å². The van der Waals surface area contributed by atoms with Crippen molar-refractivity contribution in [3.05, 3.63) is 89.6 Å². The van der Waals surface area contributed by atoms with Crippen molar-refractivity contribution in [2.45, 2.75) is 32.2 Å². The van der Waals surface area contributed by atoms with Crippen LogP contribution in [0.3, 0.4) is 0 Å². The monoisotopic (exact) mass is 431 g/mol. The first-order valence-corrected chi connectivity index (χ1v) is 10.8. The molecule has 1 aromatic heterocycles. The number of carbonyl (C=O) groups is 1. The van der Waals surface area contributed by atoms with Gasteiger partial charge in [0.15, 0.2) is 5.76 Å². The largest absolute Gasteiger partial charge is 0.459 e. The molecular formula is C22H22FNO5S. The van der Waals surface area contributed by atoms with Gasteiger partial charge in [-0.25, -0.2) is 4.39 Å². The zero-order valence-electron chi connectivity index (χ0n) is 16.6. The molecule has 30 heavy (non-hydrogen) atoms. The number of nitrogens with zero attached hydrogens (tertiary/aromatic N) is 1. The molecule has 0 unspecified atom stereocenters. The van der Waals surface area contributed by atoms with Crippen LogP contribution >= 0.6 is 0 Å². The van der Waals surface area contributed by atoms with Crippen molar-refractivity contribution >= 4 is 16.0 Å². The molecule has 0 aliphatic heterocycles. The lowest BCUT2D eigenvalue weighted by Gasteiger charge is -2.22. The van der Waals surface area contributed by atoms with Gasteiger partial charge in [0.05, 0.1) is 11.5 Å². The van der Waals surface area contributed by atoms with Crippen molar-refractivity contribution in [2.75, 3.05) is 0 Å². The third kappa shape index (κ3) is 5.48. The highest BCUT2D eigenvalue weighted by Gasteiger charge is 2.20. The maximum atomic E-state index is 13.2. The third-order valence-electron chi connectivity index (χ3n) is 4.39. The lowest BCUT2D eigenvalue weighted by Crippen LogP contribution is -2.29. The number of amides is 1. The molecule has 0 saturated carbocycles. The van der Waals surface area contributed by atoms with Gasteiger partial charge in [0.2, 0.25) is 0 Å². The molecule has 8 heteroatoms. The second-order valence-corrected chi connectivity index (χ2v) is 9.13. The van der Waals surface area contributed by atoms with E-state index in [1.807, 2.05) is 0 Å². The zero-order chi connectivity index (χ0) is 21.7. The predicted molar refractivity (Wildman–Crippen MR) is 110 cm³/mol. The van der Waals surface area contributed by atoms with Gasteiger partial charge in [-0.2, -0.15) is 8.42 Å². The first-order chi connectivity index (χ1) is 14.2. The van der Waals surface area contributed by atoms with Crippen LogP contribution < -0.4 is 4.18 Å². The van der Waals surface area contributed by atoms with Crippen LogP contribution in [0.4, 0.5) is 4.39 Å². The van der Waals surface area contributed by atoms with Crippen LogP contribution in [0, 0.1) is 5.82 Å². The summed E-state index contributed by atoms with van der Waals surface area (Å²) in [5, 5.41) is -0.658. The van der Waals surface area contributed by atoms with Gasteiger partial charge >= 0.3 is 10.1 Å². The Morgan fingerprint density at radius 2 is 1.57 bits per heavy atom. The highest BCUT2D eigenvalue weighted by atomic mass is 32.2. The number of rotatable bonds is 8. The van der Waals surface area contributed by atoms with Gasteiger partial charge in [0.25, 0.3) is 5.91 Å². The third-order valence-corrected chi connectivity index (χ3v) is 5.97. The van der Waals surface area contributed by atoms with E-state index in [1.54, 1.807) is 53.4 Å². The van der Waals surface area contributed by atoms with Gasteiger partial charge < -0.3 is 13.5 Å². The molecule has 0 radical (unpaired) electrons. The first-order valence-electron chi connectivity index (χ1n) is 9.34. The Bertz CT molecular complexity index is 1080. The summed E-state index contributed by atoms with van der Waals surface area (Å²) < 4.78 is 47.3. The standard InChI is InChI=1S/C22H22FNO5S/c1-16(2)30(26,27)29-20-11-7-18(8-12-20)15-24(22(25)21-4-3-13-28-21)14-17-5-9-19(23)10-6-17/h3-13,16H,14-15H2,1-2H3. The Morgan fingerprint density at radius 1 is 1.00 bits per heavy atom. The zero-order valence-corrected chi connectivity index (χ0v) is 17.4. The molecular weight excluding hydrogens is 409 g/mol. The van der Waals surface area contributed by atoms with Crippen LogP contribution in [0.5, 0.6) is 5.75 Å². The summed E-state index contributed by atoms with van der Waals surface area (Å²) in [5.74, 6) is -0.267. The van der Waals surface area contributed by atoms with Gasteiger partial charge in [0.1, 0.15) is 11.6 Å². The van der Waals surface area contributed by atoms with E-state index in [-0.39, 0.29) is 36.3 Å². The Morgan fingerprint density at radius 3 is 2.07 bits per heavy atom. The molecule has 1 heterocycles. The van der Waals surface area contributed by atoms with Crippen molar-refractivity contribution in [2.24, 2.45) is 0 Å². The van der Waals surface area contributed by atoms with E-state index in [0.29, 0.717) is 0 Å². The van der Waals surface area contributed by atoms with Gasteiger partial charge in [-0.15, -0.1) is 0 Å². The van der Waals surface area contributed by atoms with Gasteiger partial charge in [-0.3, -0.25) is 4.79 Å². The van der Waals surface area contributed by atoms with Crippen LogP contribution in [-0.2, 0) is 23.2 Å². The molecule has 0 spiro atoms. The number of furan rings is 1. The summed E-state index contributed by atoms with van der Waals surface area (Å²) in [4.78, 5) is 14.4. The van der Waals surface area contributed by atoms with Crippen molar-refractivity contribution in [3.8, 4) is 5.75 Å². The smallest absolute Gasteiger partial charge is 0.311 e. The van der Waals surface area contributed by atoms with Crippen molar-refractivity contribution in [1.82, 2.24) is 4.90 Å². The Balaban J connectivity index is 1.78. The molecule has 3 aromatic rings. The number of carbonyl (C=O) groups excluding carboxylic acids is 1. The number of hydrogen-bond donors (Lipinski definition) is 0. The SMILES string of the molecule is CC(C)S(=O)(=O)Oc1ccc(CN(Cc2ccc(F)cc2)C(=O)c2ccco2)cc1. The van der Waals surface area contributed by atoms with Gasteiger partial charge in [0, 0.05) is 13.1 Å². The predicted octanol–water partition coefficient (Wildman–Crippen LogP) is 4.38. The molecule has 0 fully saturated rings. The lowest BCUT2D eigenvalue weighted by molar-refractivity contribution is 0.0697. The molecule has 6 nitrogen and oxygen atoms in total. The average molecular weight is 431 g/mol. The number of hydrogen-bond acceptors (Lipinski definition) is 5. The molecule has 0 aliphatic carbocycles. The summed E-state index contributed by atoms with van der Waals surface area (Å²) in [5.41, 5.74) is 1.53. The lowest BCUT2D eigenvalue weighted by atomic mass is 10.1. The summed E-state index contributed by atoms with van der Waals surface area (Å²) in [6.45, 7) is 3.57. The van der Waals surface area contributed by atoms with Gasteiger partial charge in [-0.1, -0.05) is 24.3 Å². The average Bonchev–Trinajstić information content (AvgIpc) is 3.24. The fourth-order valence-electron chi connectivity index (χ4n) is 2.67. The normalized spacial score (nSPS) is 11.5. The molecule has 1 amide bonds. The topological polar surface area (TPSA) is 76.8 Å². The van der Waals surface area contributed by atoms with Crippen LogP contribution in [0.1, 0.15) is 35.5 Å². The summed E-state index contributed by atoms with van der Waals surface area (Å²) in [6, 6.07) is 15.6. The Labute approximate surface area is 175 Å². The number of halogens is 1. The second-order valence-electron chi connectivity index (χ2n) is 7.03. The highest BCUT2D eigenvalue weighted by Crippen LogP contribution is 2.20. The summed E-state index contributed by atoms with van der Waals surface area (Å²) in [7, 11) is -3.68. The molecule has 3 rings (SSSR count). The Hall–Kier alpha value is -3.13. The van der Waals surface area contributed by atoms with Crippen molar-refractivity contribution < 1.29 is 26.2 Å². The van der Waals surface area contributed by atoms with E-state index in [2.05, 4.69) is 0 Å². The number of benzene rings is 2. The second kappa shape index (κ2) is 9.13. The fourth-order valence-corrected chi connectivity index (χ4v) is 3.24.